The third kappa shape index (κ3) is 5.44. The van der Waals surface area contributed by atoms with Crippen LogP contribution in [0.1, 0.15) is 32.7 Å². The zero-order valence-corrected chi connectivity index (χ0v) is 19.0. The van der Waals surface area contributed by atoms with E-state index in [1.807, 2.05) is 0 Å². The van der Waals surface area contributed by atoms with Crippen LogP contribution in [-0.2, 0) is 26.1 Å². The van der Waals surface area contributed by atoms with Gasteiger partial charge in [-0.1, -0.05) is 18.2 Å². The molecule has 0 radical (unpaired) electrons. The molecule has 0 bridgehead atoms. The Bertz CT molecular complexity index is 1230. The molecule has 0 spiro atoms. The molecule has 34 heavy (non-hydrogen) atoms. The quantitative estimate of drug-likeness (QED) is 0.202. The summed E-state index contributed by atoms with van der Waals surface area (Å²) in [4.78, 5) is 48.5. The largest absolute Gasteiger partial charge is 0.383 e. The third-order valence-electron chi connectivity index (χ3n) is 5.06. The lowest BCUT2D eigenvalue weighted by molar-refractivity contribution is -0.385. The molecule has 0 aliphatic carbocycles. The second-order valence-electron chi connectivity index (χ2n) is 7.28. The molecule has 3 rings (SSSR count). The van der Waals surface area contributed by atoms with Gasteiger partial charge in [0.25, 0.3) is 17.5 Å². The number of amides is 3. The Morgan fingerprint density at radius 3 is 2.47 bits per heavy atom. The van der Waals surface area contributed by atoms with Crippen LogP contribution in [0.15, 0.2) is 47.4 Å². The highest BCUT2D eigenvalue weighted by Gasteiger charge is 2.40. The molecule has 0 aromatic heterocycles. The number of carbonyl (C=O) groups excluding carboxylic acids is 3. The van der Waals surface area contributed by atoms with Crippen LogP contribution in [0.4, 0.5) is 5.69 Å². The van der Waals surface area contributed by atoms with Gasteiger partial charge in [0.2, 0.25) is 15.9 Å². The van der Waals surface area contributed by atoms with Gasteiger partial charge in [-0.05, 0) is 23.8 Å². The second-order valence-corrected chi connectivity index (χ2v) is 9.05. The van der Waals surface area contributed by atoms with Crippen LogP contribution in [0.25, 0.3) is 0 Å². The van der Waals surface area contributed by atoms with Crippen molar-refractivity contribution in [2.24, 2.45) is 0 Å². The number of sulfonamides is 1. The predicted octanol–water partition coefficient (Wildman–Crippen LogP) is 0.822. The van der Waals surface area contributed by atoms with Crippen molar-refractivity contribution in [2.75, 3.05) is 26.8 Å². The van der Waals surface area contributed by atoms with E-state index in [0.717, 1.165) is 11.0 Å². The molecule has 0 unspecified atom stereocenters. The first kappa shape index (κ1) is 25.0. The lowest BCUT2D eigenvalue weighted by Crippen LogP contribution is -2.34. The number of imide groups is 1. The van der Waals surface area contributed by atoms with E-state index in [9.17, 15) is 32.9 Å². The molecule has 0 saturated heterocycles. The average Bonchev–Trinajstić information content (AvgIpc) is 3.06. The summed E-state index contributed by atoms with van der Waals surface area (Å²) in [6.45, 7) is 0.238. The molecule has 2 aromatic carbocycles. The topological polar surface area (TPSA) is 165 Å². The molecule has 13 heteroatoms. The van der Waals surface area contributed by atoms with Gasteiger partial charge in [0, 0.05) is 39.2 Å². The molecule has 1 aliphatic rings. The average molecular weight is 490 g/mol. The SMILES string of the molecule is COCCNS(=O)(=O)c1ccc(CNC(=O)CCN2C(=O)c3cccc([N+](=O)[O-])c3C2=O)cc1. The first-order valence-corrected chi connectivity index (χ1v) is 11.6. The fourth-order valence-electron chi connectivity index (χ4n) is 3.32. The fraction of sp³-hybridized carbons (Fsp3) is 0.286. The summed E-state index contributed by atoms with van der Waals surface area (Å²) in [5.41, 5.74) is -0.154. The Morgan fingerprint density at radius 1 is 1.12 bits per heavy atom. The molecule has 0 atom stereocenters. The van der Waals surface area contributed by atoms with Gasteiger partial charge in [-0.25, -0.2) is 13.1 Å². The van der Waals surface area contributed by atoms with E-state index in [4.69, 9.17) is 4.74 Å². The number of nitro groups is 1. The van der Waals surface area contributed by atoms with Gasteiger partial charge in [0.1, 0.15) is 5.56 Å². The lowest BCUT2D eigenvalue weighted by Gasteiger charge is -2.13. The van der Waals surface area contributed by atoms with Gasteiger partial charge in [-0.15, -0.1) is 0 Å². The Morgan fingerprint density at radius 2 is 1.82 bits per heavy atom. The second kappa shape index (κ2) is 10.5. The van der Waals surface area contributed by atoms with Gasteiger partial charge < -0.3 is 10.1 Å². The predicted molar refractivity (Wildman–Crippen MR) is 118 cm³/mol. The van der Waals surface area contributed by atoms with Crippen LogP contribution in [0.3, 0.4) is 0 Å². The van der Waals surface area contributed by atoms with Gasteiger partial charge in [0.05, 0.1) is 22.0 Å². The Balaban J connectivity index is 1.53. The molecule has 1 heterocycles. The first-order chi connectivity index (χ1) is 16.2. The maximum Gasteiger partial charge on any atom is 0.282 e. The van der Waals surface area contributed by atoms with Crippen molar-refractivity contribution in [1.29, 1.82) is 0 Å². The minimum absolute atomic E-state index is 0.0636. The van der Waals surface area contributed by atoms with Crippen molar-refractivity contribution < 1.29 is 32.5 Å². The zero-order chi connectivity index (χ0) is 24.9. The standard InChI is InChI=1S/C21H22N4O8S/c1-33-12-10-23-34(31,32)15-7-5-14(6-8-15)13-22-18(26)9-11-24-20(27)16-3-2-4-17(25(29)30)19(16)21(24)28/h2-8,23H,9-13H2,1H3,(H,22,26). The molecule has 180 valence electrons. The number of nitrogens with one attached hydrogen (secondary N) is 2. The maximum absolute atomic E-state index is 12.5. The number of hydrogen-bond acceptors (Lipinski definition) is 8. The number of fused-ring (bicyclic) bond motifs is 1. The van der Waals surface area contributed by atoms with Gasteiger partial charge in [-0.3, -0.25) is 29.4 Å². The van der Waals surface area contributed by atoms with E-state index < -0.39 is 38.4 Å². The molecule has 0 saturated carbocycles. The Labute approximate surface area is 195 Å². The summed E-state index contributed by atoms with van der Waals surface area (Å²) in [5, 5.41) is 13.8. The summed E-state index contributed by atoms with van der Waals surface area (Å²) < 4.78 is 31.5. The van der Waals surface area contributed by atoms with Crippen molar-refractivity contribution in [3.63, 3.8) is 0 Å². The number of ether oxygens (including phenoxy) is 1. The molecule has 3 amide bonds. The van der Waals surface area contributed by atoms with Crippen LogP contribution >= 0.6 is 0 Å². The highest BCUT2D eigenvalue weighted by Crippen LogP contribution is 2.30. The van der Waals surface area contributed by atoms with Crippen LogP contribution in [-0.4, -0.2) is 62.8 Å². The summed E-state index contributed by atoms with van der Waals surface area (Å²) >= 11 is 0. The van der Waals surface area contributed by atoms with Gasteiger partial charge in [-0.2, -0.15) is 0 Å². The summed E-state index contributed by atoms with van der Waals surface area (Å²) in [6, 6.07) is 9.71. The molecule has 1 aliphatic heterocycles. The number of nitrogens with zero attached hydrogens (tertiary/aromatic N) is 2. The van der Waals surface area contributed by atoms with Crippen molar-refractivity contribution in [3.8, 4) is 0 Å². The zero-order valence-electron chi connectivity index (χ0n) is 18.1. The van der Waals surface area contributed by atoms with Crippen LogP contribution in [0.5, 0.6) is 0 Å². The van der Waals surface area contributed by atoms with Crippen molar-refractivity contribution >= 4 is 33.4 Å². The van der Waals surface area contributed by atoms with Crippen LogP contribution < -0.4 is 10.0 Å². The third-order valence-corrected chi connectivity index (χ3v) is 6.53. The number of hydrogen-bond donors (Lipinski definition) is 2. The van der Waals surface area contributed by atoms with E-state index in [1.54, 1.807) is 12.1 Å². The van der Waals surface area contributed by atoms with Gasteiger partial charge in [0.15, 0.2) is 0 Å². The summed E-state index contributed by atoms with van der Waals surface area (Å²) in [7, 11) is -2.21. The van der Waals surface area contributed by atoms with E-state index in [0.29, 0.717) is 5.56 Å². The Kier molecular flexibility index (Phi) is 7.71. The smallest absolute Gasteiger partial charge is 0.282 e. The van der Waals surface area contributed by atoms with E-state index >= 15 is 0 Å². The first-order valence-electron chi connectivity index (χ1n) is 10.1. The summed E-state index contributed by atoms with van der Waals surface area (Å²) in [5.74, 6) is -1.95. The fourth-order valence-corrected chi connectivity index (χ4v) is 4.33. The normalized spacial score (nSPS) is 13.1. The van der Waals surface area contributed by atoms with E-state index in [-0.39, 0.29) is 48.7 Å². The van der Waals surface area contributed by atoms with E-state index in [1.165, 1.54) is 31.4 Å². The number of carbonyl (C=O) groups is 3. The molecule has 0 fully saturated rings. The number of benzene rings is 2. The van der Waals surface area contributed by atoms with Crippen molar-refractivity contribution in [2.45, 2.75) is 17.9 Å². The molecule has 12 nitrogen and oxygen atoms in total. The van der Waals surface area contributed by atoms with Crippen LogP contribution in [0.2, 0.25) is 0 Å². The minimum Gasteiger partial charge on any atom is -0.383 e. The molecular weight excluding hydrogens is 468 g/mol. The molecule has 2 N–H and O–H groups in total. The van der Waals surface area contributed by atoms with Crippen LogP contribution in [0, 0.1) is 10.1 Å². The van der Waals surface area contributed by atoms with Gasteiger partial charge >= 0.3 is 0 Å². The lowest BCUT2D eigenvalue weighted by atomic mass is 10.1. The highest BCUT2D eigenvalue weighted by atomic mass is 32.2. The van der Waals surface area contributed by atoms with Crippen molar-refractivity contribution in [3.05, 3.63) is 69.3 Å². The monoisotopic (exact) mass is 490 g/mol. The molecular formula is C21H22N4O8S. The minimum atomic E-state index is -3.67. The van der Waals surface area contributed by atoms with Crippen molar-refractivity contribution in [1.82, 2.24) is 14.9 Å². The Hall–Kier alpha value is -3.68. The highest BCUT2D eigenvalue weighted by molar-refractivity contribution is 7.89. The molecule has 2 aromatic rings. The number of rotatable bonds is 11. The number of methoxy groups -OCH3 is 1. The maximum atomic E-state index is 12.5. The summed E-state index contributed by atoms with van der Waals surface area (Å²) in [6.07, 6.45) is -0.199. The number of nitro benzene ring substituents is 1. The van der Waals surface area contributed by atoms with E-state index in [2.05, 4.69) is 10.0 Å².